The molecule has 2 aromatic carbocycles. The fourth-order valence-corrected chi connectivity index (χ4v) is 3.01. The first-order chi connectivity index (χ1) is 12.2. The second kappa shape index (κ2) is 6.21. The summed E-state index contributed by atoms with van der Waals surface area (Å²) in [6.45, 7) is 0.984. The molecular weight excluding hydrogens is 312 g/mol. The van der Waals surface area contributed by atoms with Crippen molar-refractivity contribution < 1.29 is 9.90 Å². The number of aromatic carboxylic acids is 1. The molecule has 0 spiro atoms. The van der Waals surface area contributed by atoms with Crippen LogP contribution >= 0.6 is 0 Å². The SMILES string of the molecule is O=C(O)c1ccccc1-n1ccc(C#Cc2ccc3c(c2)NCC3)c1. The molecule has 0 amide bonds. The third kappa shape index (κ3) is 3.00. The largest absolute Gasteiger partial charge is 0.478 e. The highest BCUT2D eigenvalue weighted by Gasteiger charge is 2.11. The zero-order valence-electron chi connectivity index (χ0n) is 13.5. The summed E-state index contributed by atoms with van der Waals surface area (Å²) in [6, 6.07) is 15.0. The molecule has 0 saturated heterocycles. The van der Waals surface area contributed by atoms with Gasteiger partial charge < -0.3 is 15.0 Å². The summed E-state index contributed by atoms with van der Waals surface area (Å²) in [4.78, 5) is 11.4. The van der Waals surface area contributed by atoms with Crippen molar-refractivity contribution in [2.75, 3.05) is 11.9 Å². The van der Waals surface area contributed by atoms with Crippen molar-refractivity contribution in [1.29, 1.82) is 0 Å². The van der Waals surface area contributed by atoms with Crippen molar-refractivity contribution in [3.05, 3.63) is 83.2 Å². The molecule has 122 valence electrons. The van der Waals surface area contributed by atoms with Gasteiger partial charge in [0.25, 0.3) is 0 Å². The van der Waals surface area contributed by atoms with Crippen molar-refractivity contribution in [2.45, 2.75) is 6.42 Å². The highest BCUT2D eigenvalue weighted by molar-refractivity contribution is 5.91. The van der Waals surface area contributed by atoms with Gasteiger partial charge in [-0.3, -0.25) is 0 Å². The van der Waals surface area contributed by atoms with E-state index in [-0.39, 0.29) is 5.56 Å². The van der Waals surface area contributed by atoms with Gasteiger partial charge in [-0.15, -0.1) is 0 Å². The van der Waals surface area contributed by atoms with Gasteiger partial charge in [-0.25, -0.2) is 4.79 Å². The van der Waals surface area contributed by atoms with Gasteiger partial charge >= 0.3 is 5.97 Å². The predicted octanol–water partition coefficient (Wildman–Crippen LogP) is 3.54. The number of carboxylic acid groups (broad SMARTS) is 1. The minimum atomic E-state index is -0.942. The summed E-state index contributed by atoms with van der Waals surface area (Å²) in [6.07, 6.45) is 4.74. The summed E-state index contributed by atoms with van der Waals surface area (Å²) < 4.78 is 1.79. The number of hydrogen-bond acceptors (Lipinski definition) is 2. The zero-order chi connectivity index (χ0) is 17.2. The normalized spacial score (nSPS) is 12.0. The number of nitrogens with one attached hydrogen (secondary N) is 1. The fourth-order valence-electron chi connectivity index (χ4n) is 3.01. The highest BCUT2D eigenvalue weighted by atomic mass is 16.4. The number of nitrogens with zero attached hydrogens (tertiary/aromatic N) is 1. The van der Waals surface area contributed by atoms with Gasteiger partial charge in [-0.05, 0) is 42.3 Å². The van der Waals surface area contributed by atoms with Crippen LogP contribution < -0.4 is 5.32 Å². The first-order valence-corrected chi connectivity index (χ1v) is 8.10. The summed E-state index contributed by atoms with van der Waals surface area (Å²) in [5, 5.41) is 12.7. The maximum Gasteiger partial charge on any atom is 0.337 e. The number of aromatic nitrogens is 1. The molecule has 1 aliphatic heterocycles. The molecule has 2 heterocycles. The lowest BCUT2D eigenvalue weighted by Gasteiger charge is -2.06. The molecule has 0 radical (unpaired) electrons. The number of para-hydroxylation sites is 1. The number of benzene rings is 2. The van der Waals surface area contributed by atoms with E-state index in [2.05, 4.69) is 29.3 Å². The minimum absolute atomic E-state index is 0.266. The van der Waals surface area contributed by atoms with Crippen LogP contribution in [0.25, 0.3) is 5.69 Å². The lowest BCUT2D eigenvalue weighted by atomic mass is 10.1. The molecule has 1 aliphatic rings. The van der Waals surface area contributed by atoms with Crippen LogP contribution in [0.15, 0.2) is 60.9 Å². The van der Waals surface area contributed by atoms with Crippen molar-refractivity contribution in [1.82, 2.24) is 4.57 Å². The number of carbonyl (C=O) groups is 1. The number of carboxylic acids is 1. The molecule has 0 atom stereocenters. The lowest BCUT2D eigenvalue weighted by molar-refractivity contribution is 0.0697. The molecule has 4 rings (SSSR count). The van der Waals surface area contributed by atoms with Crippen LogP contribution in [0.3, 0.4) is 0 Å². The Labute approximate surface area is 145 Å². The number of hydrogen-bond donors (Lipinski definition) is 2. The van der Waals surface area contributed by atoms with Crippen LogP contribution in [0.4, 0.5) is 5.69 Å². The van der Waals surface area contributed by atoms with E-state index in [1.165, 1.54) is 11.3 Å². The highest BCUT2D eigenvalue weighted by Crippen LogP contribution is 2.23. The number of fused-ring (bicyclic) bond motifs is 1. The van der Waals surface area contributed by atoms with E-state index >= 15 is 0 Å². The van der Waals surface area contributed by atoms with E-state index in [4.69, 9.17) is 0 Å². The van der Waals surface area contributed by atoms with E-state index in [9.17, 15) is 9.90 Å². The third-order valence-electron chi connectivity index (χ3n) is 4.28. The molecule has 4 nitrogen and oxygen atoms in total. The predicted molar refractivity (Wildman–Crippen MR) is 97.3 cm³/mol. The van der Waals surface area contributed by atoms with Gasteiger partial charge in [-0.2, -0.15) is 0 Å². The number of anilines is 1. The van der Waals surface area contributed by atoms with E-state index < -0.39 is 5.97 Å². The number of rotatable bonds is 2. The topological polar surface area (TPSA) is 54.3 Å². The van der Waals surface area contributed by atoms with Crippen LogP contribution in [0.5, 0.6) is 0 Å². The van der Waals surface area contributed by atoms with E-state index in [1.807, 2.05) is 30.6 Å². The quantitative estimate of drug-likeness (QED) is 0.708. The minimum Gasteiger partial charge on any atom is -0.478 e. The van der Waals surface area contributed by atoms with Crippen molar-refractivity contribution in [3.63, 3.8) is 0 Å². The van der Waals surface area contributed by atoms with Gasteiger partial charge in [-0.1, -0.05) is 30.0 Å². The van der Waals surface area contributed by atoms with Gasteiger partial charge in [0.2, 0.25) is 0 Å². The van der Waals surface area contributed by atoms with Crippen LogP contribution in [0.1, 0.15) is 27.0 Å². The Bertz CT molecular complexity index is 1020. The second-order valence-electron chi connectivity index (χ2n) is 5.93. The molecule has 0 unspecified atom stereocenters. The monoisotopic (exact) mass is 328 g/mol. The molecule has 4 heteroatoms. The molecule has 0 aliphatic carbocycles. The van der Waals surface area contributed by atoms with Gasteiger partial charge in [0.15, 0.2) is 0 Å². The zero-order valence-corrected chi connectivity index (χ0v) is 13.5. The summed E-state index contributed by atoms with van der Waals surface area (Å²) in [5.74, 6) is 5.38. The molecule has 25 heavy (non-hydrogen) atoms. The Morgan fingerprint density at radius 1 is 1.08 bits per heavy atom. The first kappa shape index (κ1) is 15.1. The molecule has 0 bridgehead atoms. The Kier molecular flexibility index (Phi) is 3.75. The maximum atomic E-state index is 11.4. The Hall–Kier alpha value is -3.45. The lowest BCUT2D eigenvalue weighted by Crippen LogP contribution is -2.03. The average Bonchev–Trinajstić information content (AvgIpc) is 3.28. The van der Waals surface area contributed by atoms with Crippen LogP contribution in [0, 0.1) is 11.8 Å². The molecular formula is C21H16N2O2. The molecule has 2 N–H and O–H groups in total. The molecule has 1 aromatic heterocycles. The standard InChI is InChI=1S/C21H16N2O2/c24-21(25)18-3-1-2-4-20(18)23-12-10-16(14-23)6-5-15-7-8-17-9-11-22-19(17)13-15/h1-4,7-8,10,12-14,22H,9,11H2,(H,24,25). The average molecular weight is 328 g/mol. The Morgan fingerprint density at radius 3 is 2.80 bits per heavy atom. The Morgan fingerprint density at radius 2 is 1.92 bits per heavy atom. The third-order valence-corrected chi connectivity index (χ3v) is 4.28. The smallest absolute Gasteiger partial charge is 0.337 e. The molecule has 0 fully saturated rings. The molecule has 0 saturated carbocycles. The first-order valence-electron chi connectivity index (χ1n) is 8.10. The summed E-state index contributed by atoms with van der Waals surface area (Å²) in [7, 11) is 0. The summed E-state index contributed by atoms with van der Waals surface area (Å²) in [5.41, 5.74) is 5.20. The Balaban J connectivity index is 1.62. The van der Waals surface area contributed by atoms with E-state index in [1.54, 1.807) is 22.8 Å². The van der Waals surface area contributed by atoms with Gasteiger partial charge in [0.05, 0.1) is 11.3 Å². The van der Waals surface area contributed by atoms with E-state index in [0.29, 0.717) is 5.69 Å². The second-order valence-corrected chi connectivity index (χ2v) is 5.93. The van der Waals surface area contributed by atoms with Gasteiger partial charge in [0, 0.05) is 35.8 Å². The van der Waals surface area contributed by atoms with Crippen LogP contribution in [-0.4, -0.2) is 22.2 Å². The molecule has 3 aromatic rings. The van der Waals surface area contributed by atoms with Gasteiger partial charge in [0.1, 0.15) is 0 Å². The van der Waals surface area contributed by atoms with E-state index in [0.717, 1.165) is 24.1 Å². The van der Waals surface area contributed by atoms with Crippen LogP contribution in [0.2, 0.25) is 0 Å². The summed E-state index contributed by atoms with van der Waals surface area (Å²) >= 11 is 0. The fraction of sp³-hybridized carbons (Fsp3) is 0.0952. The maximum absolute atomic E-state index is 11.4. The van der Waals surface area contributed by atoms with Crippen molar-refractivity contribution in [2.24, 2.45) is 0 Å². The van der Waals surface area contributed by atoms with Crippen LogP contribution in [-0.2, 0) is 6.42 Å². The van der Waals surface area contributed by atoms with Crippen molar-refractivity contribution >= 4 is 11.7 Å². The van der Waals surface area contributed by atoms with Crippen molar-refractivity contribution in [3.8, 4) is 17.5 Å².